The zero-order chi connectivity index (χ0) is 22.1. The van der Waals surface area contributed by atoms with Crippen LogP contribution in [0.4, 0.5) is 0 Å². The number of nitrogens with one attached hydrogen (secondary N) is 2. The first-order valence-electron chi connectivity index (χ1n) is 11.0. The molecule has 1 atom stereocenters. The van der Waals surface area contributed by atoms with Crippen molar-refractivity contribution in [2.75, 3.05) is 13.1 Å². The SMILES string of the molecule is CC(=O)NCCNC1CCc2c(sc3ncn(Cc4cccc5ccccc45)c(=O)c23)C1. The highest BCUT2D eigenvalue weighted by molar-refractivity contribution is 7.18. The number of fused-ring (bicyclic) bond motifs is 4. The molecule has 0 saturated heterocycles. The minimum absolute atomic E-state index is 0.00640. The molecular formula is C25H26N4O2S. The molecule has 0 aliphatic heterocycles. The van der Waals surface area contributed by atoms with Crippen molar-refractivity contribution in [3.05, 3.63) is 75.1 Å². The van der Waals surface area contributed by atoms with Crippen LogP contribution in [0.2, 0.25) is 0 Å². The molecule has 1 unspecified atom stereocenters. The Morgan fingerprint density at radius 1 is 1.19 bits per heavy atom. The van der Waals surface area contributed by atoms with Crippen molar-refractivity contribution in [1.82, 2.24) is 20.2 Å². The molecule has 7 heteroatoms. The van der Waals surface area contributed by atoms with Crippen LogP contribution in [-0.2, 0) is 24.2 Å². The van der Waals surface area contributed by atoms with E-state index in [9.17, 15) is 9.59 Å². The van der Waals surface area contributed by atoms with Crippen LogP contribution in [0, 0.1) is 0 Å². The van der Waals surface area contributed by atoms with Crippen molar-refractivity contribution < 1.29 is 4.79 Å². The average Bonchev–Trinajstić information content (AvgIpc) is 3.17. The number of hydrogen-bond donors (Lipinski definition) is 2. The van der Waals surface area contributed by atoms with Crippen LogP contribution >= 0.6 is 11.3 Å². The largest absolute Gasteiger partial charge is 0.355 e. The number of rotatable bonds is 6. The predicted molar refractivity (Wildman–Crippen MR) is 129 cm³/mol. The second-order valence-corrected chi connectivity index (χ2v) is 9.46. The molecule has 32 heavy (non-hydrogen) atoms. The van der Waals surface area contributed by atoms with Crippen molar-refractivity contribution >= 4 is 38.2 Å². The molecule has 2 N–H and O–H groups in total. The van der Waals surface area contributed by atoms with Gasteiger partial charge in [0, 0.05) is 30.9 Å². The van der Waals surface area contributed by atoms with E-state index >= 15 is 0 Å². The lowest BCUT2D eigenvalue weighted by molar-refractivity contribution is -0.118. The number of amides is 1. The molecule has 5 rings (SSSR count). The van der Waals surface area contributed by atoms with E-state index in [1.54, 1.807) is 22.2 Å². The Morgan fingerprint density at radius 2 is 2.03 bits per heavy atom. The highest BCUT2D eigenvalue weighted by Gasteiger charge is 2.25. The molecule has 2 aromatic heterocycles. The number of hydrogen-bond acceptors (Lipinski definition) is 5. The first-order chi connectivity index (χ1) is 15.6. The summed E-state index contributed by atoms with van der Waals surface area (Å²) >= 11 is 1.65. The van der Waals surface area contributed by atoms with Gasteiger partial charge < -0.3 is 10.6 Å². The molecule has 0 fully saturated rings. The van der Waals surface area contributed by atoms with Crippen LogP contribution in [-0.4, -0.2) is 34.6 Å². The fourth-order valence-electron chi connectivity index (χ4n) is 4.62. The van der Waals surface area contributed by atoms with Crippen LogP contribution in [0.5, 0.6) is 0 Å². The highest BCUT2D eigenvalue weighted by Crippen LogP contribution is 2.33. The highest BCUT2D eigenvalue weighted by atomic mass is 32.1. The van der Waals surface area contributed by atoms with Gasteiger partial charge in [-0.05, 0) is 41.2 Å². The van der Waals surface area contributed by atoms with Gasteiger partial charge in [-0.25, -0.2) is 4.98 Å². The minimum Gasteiger partial charge on any atom is -0.355 e. The molecule has 4 aromatic rings. The Bertz CT molecular complexity index is 1350. The lowest BCUT2D eigenvalue weighted by Crippen LogP contribution is -2.39. The predicted octanol–water partition coefficient (Wildman–Crippen LogP) is 3.24. The summed E-state index contributed by atoms with van der Waals surface area (Å²) in [6, 6.07) is 14.9. The third kappa shape index (κ3) is 4.06. The van der Waals surface area contributed by atoms with Gasteiger partial charge in [0.15, 0.2) is 0 Å². The maximum Gasteiger partial charge on any atom is 0.262 e. The van der Waals surface area contributed by atoms with Crippen LogP contribution in [0.3, 0.4) is 0 Å². The Kier molecular flexibility index (Phi) is 5.76. The van der Waals surface area contributed by atoms with E-state index in [-0.39, 0.29) is 11.5 Å². The number of carbonyl (C=O) groups excluding carboxylic acids is 1. The van der Waals surface area contributed by atoms with E-state index in [2.05, 4.69) is 39.9 Å². The molecule has 0 saturated carbocycles. The van der Waals surface area contributed by atoms with E-state index in [1.807, 2.05) is 18.2 Å². The van der Waals surface area contributed by atoms with Gasteiger partial charge in [0.2, 0.25) is 5.91 Å². The van der Waals surface area contributed by atoms with Crippen molar-refractivity contribution in [2.24, 2.45) is 0 Å². The van der Waals surface area contributed by atoms with E-state index in [0.29, 0.717) is 19.1 Å². The zero-order valence-corrected chi connectivity index (χ0v) is 18.9. The minimum atomic E-state index is -0.00640. The topological polar surface area (TPSA) is 76.0 Å². The third-order valence-electron chi connectivity index (χ3n) is 6.19. The number of aromatic nitrogens is 2. The fraction of sp³-hybridized carbons (Fsp3) is 0.320. The molecular weight excluding hydrogens is 420 g/mol. The zero-order valence-electron chi connectivity index (χ0n) is 18.1. The van der Waals surface area contributed by atoms with Gasteiger partial charge in [-0.1, -0.05) is 42.5 Å². The number of aryl methyl sites for hydroxylation is 1. The van der Waals surface area contributed by atoms with Crippen molar-refractivity contribution in [3.8, 4) is 0 Å². The van der Waals surface area contributed by atoms with Crippen LogP contribution in [0.1, 0.15) is 29.3 Å². The lowest BCUT2D eigenvalue weighted by atomic mass is 9.93. The van der Waals surface area contributed by atoms with Gasteiger partial charge in [0.05, 0.1) is 18.3 Å². The number of thiophene rings is 1. The molecule has 164 valence electrons. The summed E-state index contributed by atoms with van der Waals surface area (Å²) in [5.74, 6) is -0.00640. The maximum atomic E-state index is 13.4. The van der Waals surface area contributed by atoms with Gasteiger partial charge >= 0.3 is 0 Å². The second-order valence-electron chi connectivity index (χ2n) is 8.38. The average molecular weight is 447 g/mol. The Morgan fingerprint density at radius 3 is 2.91 bits per heavy atom. The molecule has 6 nitrogen and oxygen atoms in total. The van der Waals surface area contributed by atoms with Crippen molar-refractivity contribution in [3.63, 3.8) is 0 Å². The molecule has 0 bridgehead atoms. The first-order valence-corrected chi connectivity index (χ1v) is 11.9. The summed E-state index contributed by atoms with van der Waals surface area (Å²) in [5.41, 5.74) is 2.35. The fourth-order valence-corrected chi connectivity index (χ4v) is 5.87. The molecule has 1 amide bonds. The van der Waals surface area contributed by atoms with Crippen molar-refractivity contribution in [2.45, 2.75) is 38.8 Å². The summed E-state index contributed by atoms with van der Waals surface area (Å²) in [6.45, 7) is 3.43. The van der Waals surface area contributed by atoms with Crippen LogP contribution < -0.4 is 16.2 Å². The molecule has 1 aliphatic rings. The van der Waals surface area contributed by atoms with Crippen molar-refractivity contribution in [1.29, 1.82) is 0 Å². The quantitative estimate of drug-likeness (QED) is 0.446. The van der Waals surface area contributed by atoms with Gasteiger partial charge in [-0.15, -0.1) is 11.3 Å². The number of carbonyl (C=O) groups is 1. The molecule has 2 aromatic carbocycles. The number of nitrogens with zero attached hydrogens (tertiary/aromatic N) is 2. The Hall–Kier alpha value is -3.03. The summed E-state index contributed by atoms with van der Waals surface area (Å²) in [7, 11) is 0. The normalized spacial score (nSPS) is 15.7. The van der Waals surface area contributed by atoms with Gasteiger partial charge in [0.25, 0.3) is 5.56 Å². The van der Waals surface area contributed by atoms with Crippen LogP contribution in [0.15, 0.2) is 53.6 Å². The summed E-state index contributed by atoms with van der Waals surface area (Å²) in [5, 5.41) is 9.49. The Labute approximate surface area is 190 Å². The third-order valence-corrected chi connectivity index (χ3v) is 7.35. The van der Waals surface area contributed by atoms with E-state index in [1.165, 1.54) is 28.1 Å². The van der Waals surface area contributed by atoms with Gasteiger partial charge in [-0.2, -0.15) is 0 Å². The Balaban J connectivity index is 1.39. The van der Waals surface area contributed by atoms with Gasteiger partial charge in [-0.3, -0.25) is 14.2 Å². The van der Waals surface area contributed by atoms with E-state index in [0.717, 1.165) is 41.6 Å². The van der Waals surface area contributed by atoms with Gasteiger partial charge in [0.1, 0.15) is 4.83 Å². The molecule has 0 spiro atoms. The summed E-state index contributed by atoms with van der Waals surface area (Å²) in [6.07, 6.45) is 4.45. The smallest absolute Gasteiger partial charge is 0.262 e. The van der Waals surface area contributed by atoms with E-state index < -0.39 is 0 Å². The monoisotopic (exact) mass is 446 g/mol. The summed E-state index contributed by atoms with van der Waals surface area (Å²) < 4.78 is 1.74. The second kappa shape index (κ2) is 8.84. The molecule has 0 radical (unpaired) electrons. The van der Waals surface area contributed by atoms with Crippen LogP contribution in [0.25, 0.3) is 21.0 Å². The first kappa shape index (κ1) is 20.8. The maximum absolute atomic E-state index is 13.4. The summed E-state index contributed by atoms with van der Waals surface area (Å²) in [4.78, 5) is 31.2. The number of benzene rings is 2. The van der Waals surface area contributed by atoms with E-state index in [4.69, 9.17) is 0 Å². The lowest BCUT2D eigenvalue weighted by Gasteiger charge is -2.23. The molecule has 2 heterocycles. The standard InChI is InChI=1S/C25H26N4O2S/c1-16(30)26-11-12-27-19-9-10-21-22(13-19)32-24-23(21)25(31)29(15-28-24)14-18-7-4-6-17-5-2-3-8-20(17)18/h2-8,15,19,27H,9-14H2,1H3,(H,26,30). The molecule has 1 aliphatic carbocycles.